The lowest BCUT2D eigenvalue weighted by Crippen LogP contribution is -2.19. The van der Waals surface area contributed by atoms with Crippen LogP contribution in [0.1, 0.15) is 12.8 Å². The topological polar surface area (TPSA) is 47.0 Å². The predicted molar refractivity (Wildman–Crippen MR) is 83.7 cm³/mol. The highest BCUT2D eigenvalue weighted by molar-refractivity contribution is 7.99. The zero-order valence-electron chi connectivity index (χ0n) is 11.7. The molecule has 0 radical (unpaired) electrons. The fourth-order valence-corrected chi connectivity index (χ4v) is 2.98. The zero-order chi connectivity index (χ0) is 14.5. The Balaban J connectivity index is 1.82. The summed E-state index contributed by atoms with van der Waals surface area (Å²) in [5.41, 5.74) is 0.878. The van der Waals surface area contributed by atoms with Gasteiger partial charge in [-0.05, 0) is 25.0 Å². The number of anilines is 1. The Kier molecular flexibility index (Phi) is 4.87. The molecule has 1 N–H and O–H groups in total. The molecule has 0 saturated carbocycles. The second-order valence-electron chi connectivity index (χ2n) is 4.93. The summed E-state index contributed by atoms with van der Waals surface area (Å²) < 4.78 is 18.0. The number of fused-ring (bicyclic) bond motifs is 1. The first-order valence-corrected chi connectivity index (χ1v) is 8.16. The predicted octanol–water partition coefficient (Wildman–Crippen LogP) is 3.28. The molecule has 0 amide bonds. The number of benzene rings is 1. The molecule has 2 aromatic rings. The number of nitrogens with one attached hydrogen (secondary N) is 1. The van der Waals surface area contributed by atoms with E-state index in [9.17, 15) is 4.39 Å². The molecule has 3 rings (SSSR count). The summed E-state index contributed by atoms with van der Waals surface area (Å²) >= 11 is 1.34. The minimum Gasteiger partial charge on any atom is -0.376 e. The number of hydrogen-bond donors (Lipinski definition) is 1. The van der Waals surface area contributed by atoms with E-state index in [0.717, 1.165) is 42.7 Å². The number of nitrogens with zero attached hydrogens (tertiary/aromatic N) is 2. The zero-order valence-corrected chi connectivity index (χ0v) is 12.5. The SMILES string of the molecule is FCCSc1nc(NCC2CCCO2)c2ccccc2n1. The first-order chi connectivity index (χ1) is 10.4. The molecule has 6 heteroatoms. The Labute approximate surface area is 127 Å². The third-order valence-electron chi connectivity index (χ3n) is 3.41. The maximum absolute atomic E-state index is 12.3. The summed E-state index contributed by atoms with van der Waals surface area (Å²) in [5.74, 6) is 1.18. The van der Waals surface area contributed by atoms with Gasteiger partial charge < -0.3 is 10.1 Å². The van der Waals surface area contributed by atoms with Crippen LogP contribution in [0, 0.1) is 0 Å². The number of alkyl halides is 1. The first-order valence-electron chi connectivity index (χ1n) is 7.18. The number of halogens is 1. The van der Waals surface area contributed by atoms with E-state index in [-0.39, 0.29) is 12.8 Å². The van der Waals surface area contributed by atoms with Crippen LogP contribution in [0.15, 0.2) is 29.4 Å². The van der Waals surface area contributed by atoms with Crippen LogP contribution in [0.4, 0.5) is 10.2 Å². The highest BCUT2D eigenvalue weighted by Gasteiger charge is 2.16. The van der Waals surface area contributed by atoms with E-state index in [2.05, 4.69) is 15.3 Å². The lowest BCUT2D eigenvalue weighted by molar-refractivity contribution is 0.120. The van der Waals surface area contributed by atoms with Crippen LogP contribution in [-0.2, 0) is 4.74 Å². The van der Waals surface area contributed by atoms with Crippen molar-refractivity contribution in [3.05, 3.63) is 24.3 Å². The Morgan fingerprint density at radius 2 is 2.24 bits per heavy atom. The third-order valence-corrected chi connectivity index (χ3v) is 4.21. The fourth-order valence-electron chi connectivity index (χ4n) is 2.40. The minimum atomic E-state index is -0.375. The van der Waals surface area contributed by atoms with Crippen LogP contribution in [0.3, 0.4) is 0 Å². The van der Waals surface area contributed by atoms with Gasteiger partial charge in [0.15, 0.2) is 5.16 Å². The number of ether oxygens (including phenoxy) is 1. The molecule has 1 aliphatic rings. The average Bonchev–Trinajstić information content (AvgIpc) is 3.04. The molecule has 1 aromatic carbocycles. The minimum absolute atomic E-state index is 0.251. The van der Waals surface area contributed by atoms with Crippen molar-refractivity contribution in [2.24, 2.45) is 0 Å². The van der Waals surface area contributed by atoms with Gasteiger partial charge in [0, 0.05) is 24.3 Å². The second kappa shape index (κ2) is 7.04. The van der Waals surface area contributed by atoms with E-state index < -0.39 is 0 Å². The Morgan fingerprint density at radius 1 is 1.33 bits per heavy atom. The van der Waals surface area contributed by atoms with Crippen molar-refractivity contribution >= 4 is 28.5 Å². The third kappa shape index (κ3) is 3.63. The molecule has 1 aromatic heterocycles. The molecule has 0 aliphatic carbocycles. The number of para-hydroxylation sites is 1. The smallest absolute Gasteiger partial charge is 0.190 e. The van der Waals surface area contributed by atoms with Gasteiger partial charge in [-0.15, -0.1) is 0 Å². The van der Waals surface area contributed by atoms with Gasteiger partial charge in [0.25, 0.3) is 0 Å². The molecule has 1 atom stereocenters. The van der Waals surface area contributed by atoms with E-state index in [1.807, 2.05) is 24.3 Å². The highest BCUT2D eigenvalue weighted by Crippen LogP contribution is 2.24. The summed E-state index contributed by atoms with van der Waals surface area (Å²) in [6.45, 7) is 1.21. The van der Waals surface area contributed by atoms with Crippen molar-refractivity contribution < 1.29 is 9.13 Å². The largest absolute Gasteiger partial charge is 0.376 e. The lowest BCUT2D eigenvalue weighted by atomic mass is 10.2. The molecule has 4 nitrogen and oxygen atoms in total. The van der Waals surface area contributed by atoms with Gasteiger partial charge in [-0.25, -0.2) is 9.97 Å². The molecule has 1 aliphatic heterocycles. The number of aromatic nitrogens is 2. The summed E-state index contributed by atoms with van der Waals surface area (Å²) in [5, 5.41) is 4.96. The normalized spacial score (nSPS) is 18.2. The first kappa shape index (κ1) is 14.5. The van der Waals surface area contributed by atoms with E-state index in [1.54, 1.807) is 0 Å². The molecule has 0 bridgehead atoms. The van der Waals surface area contributed by atoms with Gasteiger partial charge in [-0.1, -0.05) is 23.9 Å². The van der Waals surface area contributed by atoms with Crippen LogP contribution in [0.25, 0.3) is 10.9 Å². The Morgan fingerprint density at radius 3 is 3.05 bits per heavy atom. The molecule has 1 unspecified atom stereocenters. The summed E-state index contributed by atoms with van der Waals surface area (Å²) in [6.07, 6.45) is 2.45. The monoisotopic (exact) mass is 307 g/mol. The van der Waals surface area contributed by atoms with Crippen molar-refractivity contribution in [3.63, 3.8) is 0 Å². The number of hydrogen-bond acceptors (Lipinski definition) is 5. The van der Waals surface area contributed by atoms with Crippen molar-refractivity contribution in [1.29, 1.82) is 0 Å². The maximum atomic E-state index is 12.3. The standard InChI is InChI=1S/C15H18FN3OS/c16-7-9-21-15-18-13-6-2-1-5-12(13)14(19-15)17-10-11-4-3-8-20-11/h1-2,5-6,11H,3-4,7-10H2,(H,17,18,19). The molecule has 1 fully saturated rings. The number of thioether (sulfide) groups is 1. The average molecular weight is 307 g/mol. The van der Waals surface area contributed by atoms with Crippen molar-refractivity contribution in [1.82, 2.24) is 9.97 Å². The van der Waals surface area contributed by atoms with Crippen LogP contribution in [-0.4, -0.2) is 41.7 Å². The molecule has 0 spiro atoms. The van der Waals surface area contributed by atoms with E-state index >= 15 is 0 Å². The molecule has 112 valence electrons. The van der Waals surface area contributed by atoms with Crippen molar-refractivity contribution in [2.75, 3.05) is 30.9 Å². The second-order valence-corrected chi connectivity index (χ2v) is 5.99. The van der Waals surface area contributed by atoms with Crippen molar-refractivity contribution in [3.8, 4) is 0 Å². The lowest BCUT2D eigenvalue weighted by Gasteiger charge is -2.13. The van der Waals surface area contributed by atoms with Gasteiger partial charge in [-0.2, -0.15) is 0 Å². The molecular formula is C15H18FN3OS. The quantitative estimate of drug-likeness (QED) is 0.655. The van der Waals surface area contributed by atoms with Gasteiger partial charge in [0.1, 0.15) is 5.82 Å². The Hall–Kier alpha value is -1.40. The molecular weight excluding hydrogens is 289 g/mol. The molecule has 21 heavy (non-hydrogen) atoms. The van der Waals surface area contributed by atoms with Crippen LogP contribution < -0.4 is 5.32 Å². The van der Waals surface area contributed by atoms with Gasteiger partial charge in [0.05, 0.1) is 18.3 Å². The molecule has 2 heterocycles. The highest BCUT2D eigenvalue weighted by atomic mass is 32.2. The van der Waals surface area contributed by atoms with Gasteiger partial charge >= 0.3 is 0 Å². The maximum Gasteiger partial charge on any atom is 0.190 e. The van der Waals surface area contributed by atoms with Crippen LogP contribution in [0.2, 0.25) is 0 Å². The van der Waals surface area contributed by atoms with E-state index in [1.165, 1.54) is 11.8 Å². The van der Waals surface area contributed by atoms with Gasteiger partial charge in [0.2, 0.25) is 0 Å². The van der Waals surface area contributed by atoms with Crippen LogP contribution >= 0.6 is 11.8 Å². The van der Waals surface area contributed by atoms with E-state index in [4.69, 9.17) is 4.74 Å². The summed E-state index contributed by atoms with van der Waals surface area (Å²) in [4.78, 5) is 8.98. The fraction of sp³-hybridized carbons (Fsp3) is 0.467. The number of rotatable bonds is 6. The molecule has 1 saturated heterocycles. The summed E-state index contributed by atoms with van der Waals surface area (Å²) in [7, 11) is 0. The Bertz CT molecular complexity index is 604. The van der Waals surface area contributed by atoms with E-state index in [0.29, 0.717) is 10.9 Å². The summed E-state index contributed by atoms with van der Waals surface area (Å²) in [6, 6.07) is 7.87. The van der Waals surface area contributed by atoms with Crippen molar-refractivity contribution in [2.45, 2.75) is 24.1 Å². The van der Waals surface area contributed by atoms with Gasteiger partial charge in [-0.3, -0.25) is 4.39 Å². The van der Waals surface area contributed by atoms with Crippen LogP contribution in [0.5, 0.6) is 0 Å².